The van der Waals surface area contributed by atoms with Gasteiger partial charge in [-0.25, -0.2) is 4.79 Å². The first-order valence-electron chi connectivity index (χ1n) is 5.17. The Morgan fingerprint density at radius 3 is 2.56 bits per heavy atom. The molecule has 0 fully saturated rings. The van der Waals surface area contributed by atoms with Crippen LogP contribution >= 0.6 is 0 Å². The van der Waals surface area contributed by atoms with Crippen LogP contribution in [-0.2, 0) is 16.0 Å². The molecule has 0 radical (unpaired) electrons. The molecular weight excluding hydrogens is 208 g/mol. The third kappa shape index (κ3) is 3.90. The van der Waals surface area contributed by atoms with Gasteiger partial charge < -0.3 is 14.9 Å². The molecule has 0 spiro atoms. The SMILES string of the molecule is COC(=O)C(O)CCCc1ccc(O)cc1. The minimum Gasteiger partial charge on any atom is -0.508 e. The van der Waals surface area contributed by atoms with Crippen LogP contribution in [0.3, 0.4) is 0 Å². The van der Waals surface area contributed by atoms with Crippen molar-refractivity contribution in [2.75, 3.05) is 7.11 Å². The number of hydrogen-bond donors (Lipinski definition) is 2. The zero-order valence-corrected chi connectivity index (χ0v) is 9.22. The number of carbonyl (C=O) groups excluding carboxylic acids is 1. The van der Waals surface area contributed by atoms with E-state index in [2.05, 4.69) is 4.74 Å². The van der Waals surface area contributed by atoms with Crippen molar-refractivity contribution in [2.24, 2.45) is 0 Å². The van der Waals surface area contributed by atoms with Gasteiger partial charge in [-0.05, 0) is 37.0 Å². The summed E-state index contributed by atoms with van der Waals surface area (Å²) in [6.45, 7) is 0. The van der Waals surface area contributed by atoms with Crippen LogP contribution < -0.4 is 0 Å². The number of aliphatic hydroxyl groups is 1. The number of phenols is 1. The first-order valence-corrected chi connectivity index (χ1v) is 5.17. The van der Waals surface area contributed by atoms with Crippen LogP contribution in [-0.4, -0.2) is 29.4 Å². The summed E-state index contributed by atoms with van der Waals surface area (Å²) in [7, 11) is 1.26. The van der Waals surface area contributed by atoms with Crippen molar-refractivity contribution in [1.82, 2.24) is 0 Å². The molecule has 1 atom stereocenters. The third-order valence-corrected chi connectivity index (χ3v) is 2.35. The first-order chi connectivity index (χ1) is 7.63. The predicted molar refractivity (Wildman–Crippen MR) is 59.1 cm³/mol. The van der Waals surface area contributed by atoms with Gasteiger partial charge in [0.05, 0.1) is 7.11 Å². The molecule has 0 aliphatic heterocycles. The lowest BCUT2D eigenvalue weighted by molar-refractivity contribution is -0.150. The molecule has 1 aromatic rings. The molecule has 1 aromatic carbocycles. The summed E-state index contributed by atoms with van der Waals surface area (Å²) in [5, 5.41) is 18.4. The maximum Gasteiger partial charge on any atom is 0.334 e. The lowest BCUT2D eigenvalue weighted by Crippen LogP contribution is -2.21. The van der Waals surface area contributed by atoms with Gasteiger partial charge in [-0.2, -0.15) is 0 Å². The van der Waals surface area contributed by atoms with E-state index in [1.54, 1.807) is 12.1 Å². The molecule has 2 N–H and O–H groups in total. The van der Waals surface area contributed by atoms with Crippen LogP contribution in [0.25, 0.3) is 0 Å². The summed E-state index contributed by atoms with van der Waals surface area (Å²) in [5.41, 5.74) is 1.06. The number of ether oxygens (including phenoxy) is 1. The van der Waals surface area contributed by atoms with Gasteiger partial charge in [0.25, 0.3) is 0 Å². The fourth-order valence-corrected chi connectivity index (χ4v) is 1.42. The van der Waals surface area contributed by atoms with E-state index in [0.29, 0.717) is 12.8 Å². The number of aliphatic hydroxyl groups excluding tert-OH is 1. The fraction of sp³-hybridized carbons (Fsp3) is 0.417. The Labute approximate surface area is 94.5 Å². The second-order valence-corrected chi connectivity index (χ2v) is 3.60. The molecule has 16 heavy (non-hydrogen) atoms. The highest BCUT2D eigenvalue weighted by atomic mass is 16.5. The molecule has 4 heteroatoms. The second kappa shape index (κ2) is 6.12. The Hall–Kier alpha value is -1.55. The van der Waals surface area contributed by atoms with Gasteiger partial charge in [-0.15, -0.1) is 0 Å². The predicted octanol–water partition coefficient (Wildman–Crippen LogP) is 1.25. The van der Waals surface area contributed by atoms with Crippen LogP contribution in [0, 0.1) is 0 Å². The van der Waals surface area contributed by atoms with Gasteiger partial charge >= 0.3 is 5.97 Å². The van der Waals surface area contributed by atoms with Crippen molar-refractivity contribution in [3.63, 3.8) is 0 Å². The molecule has 0 aliphatic carbocycles. The van der Waals surface area contributed by atoms with Crippen LogP contribution in [0.4, 0.5) is 0 Å². The highest BCUT2D eigenvalue weighted by molar-refractivity contribution is 5.74. The topological polar surface area (TPSA) is 66.8 Å². The lowest BCUT2D eigenvalue weighted by Gasteiger charge is -2.07. The van der Waals surface area contributed by atoms with E-state index in [-0.39, 0.29) is 5.75 Å². The lowest BCUT2D eigenvalue weighted by atomic mass is 10.1. The molecule has 0 saturated carbocycles. The third-order valence-electron chi connectivity index (χ3n) is 2.35. The van der Waals surface area contributed by atoms with E-state index in [1.165, 1.54) is 7.11 Å². The number of aryl methyl sites for hydroxylation is 1. The normalized spacial score (nSPS) is 12.1. The van der Waals surface area contributed by atoms with Gasteiger partial charge in [0.1, 0.15) is 5.75 Å². The molecule has 4 nitrogen and oxygen atoms in total. The van der Waals surface area contributed by atoms with E-state index in [9.17, 15) is 9.90 Å². The second-order valence-electron chi connectivity index (χ2n) is 3.60. The number of methoxy groups -OCH3 is 1. The van der Waals surface area contributed by atoms with Crippen LogP contribution in [0.15, 0.2) is 24.3 Å². The van der Waals surface area contributed by atoms with E-state index >= 15 is 0 Å². The van der Waals surface area contributed by atoms with E-state index in [0.717, 1.165) is 12.0 Å². The highest BCUT2D eigenvalue weighted by Gasteiger charge is 2.14. The van der Waals surface area contributed by atoms with Gasteiger partial charge in [0.15, 0.2) is 6.10 Å². The number of carbonyl (C=O) groups is 1. The Morgan fingerprint density at radius 2 is 2.00 bits per heavy atom. The summed E-state index contributed by atoms with van der Waals surface area (Å²) < 4.78 is 4.41. The molecule has 0 aliphatic rings. The Morgan fingerprint density at radius 1 is 1.38 bits per heavy atom. The number of rotatable bonds is 5. The Bertz CT molecular complexity index is 331. The van der Waals surface area contributed by atoms with E-state index < -0.39 is 12.1 Å². The number of esters is 1. The average molecular weight is 224 g/mol. The monoisotopic (exact) mass is 224 g/mol. The molecule has 1 unspecified atom stereocenters. The number of benzene rings is 1. The Balaban J connectivity index is 2.30. The molecule has 0 bridgehead atoms. The highest BCUT2D eigenvalue weighted by Crippen LogP contribution is 2.12. The fourth-order valence-electron chi connectivity index (χ4n) is 1.42. The van der Waals surface area contributed by atoms with Gasteiger partial charge in [0.2, 0.25) is 0 Å². The quantitative estimate of drug-likeness (QED) is 0.739. The standard InChI is InChI=1S/C12H16O4/c1-16-12(15)11(14)4-2-3-9-5-7-10(13)8-6-9/h5-8,11,13-14H,2-4H2,1H3. The van der Waals surface area contributed by atoms with E-state index in [1.807, 2.05) is 12.1 Å². The smallest absolute Gasteiger partial charge is 0.334 e. The van der Waals surface area contributed by atoms with Crippen LogP contribution in [0.1, 0.15) is 18.4 Å². The molecular formula is C12H16O4. The number of phenolic OH excluding ortho intramolecular Hbond substituents is 1. The molecule has 0 saturated heterocycles. The van der Waals surface area contributed by atoms with Crippen molar-refractivity contribution < 1.29 is 19.7 Å². The van der Waals surface area contributed by atoms with Crippen LogP contribution in [0.2, 0.25) is 0 Å². The van der Waals surface area contributed by atoms with Crippen molar-refractivity contribution >= 4 is 5.97 Å². The van der Waals surface area contributed by atoms with Crippen LogP contribution in [0.5, 0.6) is 5.75 Å². The summed E-state index contributed by atoms with van der Waals surface area (Å²) in [6, 6.07) is 6.87. The van der Waals surface area contributed by atoms with Crippen molar-refractivity contribution in [1.29, 1.82) is 0 Å². The minimum absolute atomic E-state index is 0.235. The maximum atomic E-state index is 10.9. The maximum absolute atomic E-state index is 10.9. The first kappa shape index (κ1) is 12.5. The molecule has 0 heterocycles. The number of aromatic hydroxyl groups is 1. The summed E-state index contributed by atoms with van der Waals surface area (Å²) in [5.74, 6) is -0.357. The largest absolute Gasteiger partial charge is 0.508 e. The molecule has 1 rings (SSSR count). The zero-order valence-electron chi connectivity index (χ0n) is 9.22. The molecule has 88 valence electrons. The van der Waals surface area contributed by atoms with Crippen molar-refractivity contribution in [2.45, 2.75) is 25.4 Å². The molecule has 0 amide bonds. The summed E-state index contributed by atoms with van der Waals surface area (Å²) in [4.78, 5) is 10.9. The average Bonchev–Trinajstić information content (AvgIpc) is 2.30. The Kier molecular flexibility index (Phi) is 4.79. The minimum atomic E-state index is -1.04. The van der Waals surface area contributed by atoms with E-state index in [4.69, 9.17) is 5.11 Å². The summed E-state index contributed by atoms with van der Waals surface area (Å²) >= 11 is 0. The summed E-state index contributed by atoms with van der Waals surface area (Å²) in [6.07, 6.45) is 0.797. The van der Waals surface area contributed by atoms with Crippen molar-refractivity contribution in [3.05, 3.63) is 29.8 Å². The van der Waals surface area contributed by atoms with Gasteiger partial charge in [0, 0.05) is 0 Å². The zero-order chi connectivity index (χ0) is 12.0. The molecule has 0 aromatic heterocycles. The van der Waals surface area contributed by atoms with Gasteiger partial charge in [-0.1, -0.05) is 12.1 Å². The van der Waals surface area contributed by atoms with Gasteiger partial charge in [-0.3, -0.25) is 0 Å². The van der Waals surface area contributed by atoms with Crippen molar-refractivity contribution in [3.8, 4) is 5.75 Å². The number of hydrogen-bond acceptors (Lipinski definition) is 4.